The van der Waals surface area contributed by atoms with Crippen molar-refractivity contribution in [2.45, 2.75) is 19.2 Å². The molecule has 76 valence electrons. The van der Waals surface area contributed by atoms with Crippen molar-refractivity contribution in [2.24, 2.45) is 5.73 Å². The van der Waals surface area contributed by atoms with Crippen molar-refractivity contribution in [1.82, 2.24) is 0 Å². The minimum atomic E-state index is -0.751. The Balaban J connectivity index is 2.33. The van der Waals surface area contributed by atoms with Crippen molar-refractivity contribution < 1.29 is 9.84 Å². The molecule has 2 atom stereocenters. The lowest BCUT2D eigenvalue weighted by Crippen LogP contribution is -2.42. The molecule has 1 aliphatic rings. The predicted molar refractivity (Wildman–Crippen MR) is 54.3 cm³/mol. The first kappa shape index (κ1) is 9.30. The highest BCUT2D eigenvalue weighted by Crippen LogP contribution is 2.28. The Kier molecular flexibility index (Phi) is 2.31. The molecule has 0 aliphatic carbocycles. The number of hydrogen-bond donors (Lipinski definition) is 3. The lowest BCUT2D eigenvalue weighted by atomic mass is 10.2. The van der Waals surface area contributed by atoms with Gasteiger partial charge in [-0.1, -0.05) is 6.07 Å². The van der Waals surface area contributed by atoms with Crippen LogP contribution in [0.25, 0.3) is 0 Å². The largest absolute Gasteiger partial charge is 0.490 e. The first-order chi connectivity index (χ1) is 6.66. The third kappa shape index (κ3) is 1.66. The third-order valence-electron chi connectivity index (χ3n) is 2.28. The van der Waals surface area contributed by atoms with Crippen LogP contribution in [0, 0.1) is 6.92 Å². The molecule has 14 heavy (non-hydrogen) atoms. The summed E-state index contributed by atoms with van der Waals surface area (Å²) in [7, 11) is 0. The number of aryl methyl sites for hydroxylation is 1. The summed E-state index contributed by atoms with van der Waals surface area (Å²) in [5.74, 6) is 0.747. The fourth-order valence-electron chi connectivity index (χ4n) is 1.41. The SMILES string of the molecule is Cc1ccc2c(c1)OCC(N)C(O)N2. The van der Waals surface area contributed by atoms with Crippen molar-refractivity contribution in [3.05, 3.63) is 23.8 Å². The van der Waals surface area contributed by atoms with E-state index in [1.807, 2.05) is 25.1 Å². The van der Waals surface area contributed by atoms with E-state index in [2.05, 4.69) is 5.32 Å². The van der Waals surface area contributed by atoms with Gasteiger partial charge >= 0.3 is 0 Å². The van der Waals surface area contributed by atoms with Gasteiger partial charge in [0.2, 0.25) is 0 Å². The first-order valence-corrected chi connectivity index (χ1v) is 4.60. The average molecular weight is 194 g/mol. The van der Waals surface area contributed by atoms with Crippen molar-refractivity contribution in [3.8, 4) is 5.75 Å². The van der Waals surface area contributed by atoms with Crippen LogP contribution in [0.1, 0.15) is 5.56 Å². The van der Waals surface area contributed by atoms with Crippen LogP contribution in [0.4, 0.5) is 5.69 Å². The summed E-state index contributed by atoms with van der Waals surface area (Å²) in [5, 5.41) is 12.5. The lowest BCUT2D eigenvalue weighted by Gasteiger charge is -2.15. The Morgan fingerprint density at radius 3 is 3.14 bits per heavy atom. The quantitative estimate of drug-likeness (QED) is 0.561. The van der Waals surface area contributed by atoms with Gasteiger partial charge in [0.1, 0.15) is 18.6 Å². The molecule has 0 bridgehead atoms. The number of anilines is 1. The summed E-state index contributed by atoms with van der Waals surface area (Å²) >= 11 is 0. The van der Waals surface area contributed by atoms with Gasteiger partial charge in [-0.2, -0.15) is 0 Å². The van der Waals surface area contributed by atoms with E-state index in [1.165, 1.54) is 0 Å². The maximum absolute atomic E-state index is 9.56. The Morgan fingerprint density at radius 2 is 2.36 bits per heavy atom. The molecule has 0 saturated heterocycles. The maximum Gasteiger partial charge on any atom is 0.143 e. The summed E-state index contributed by atoms with van der Waals surface area (Å²) in [5.41, 5.74) is 7.57. The molecule has 0 aromatic heterocycles. The summed E-state index contributed by atoms with van der Waals surface area (Å²) in [6.45, 7) is 2.31. The molecule has 2 rings (SSSR count). The van der Waals surface area contributed by atoms with Crippen LogP contribution < -0.4 is 15.8 Å². The zero-order valence-corrected chi connectivity index (χ0v) is 8.03. The normalized spacial score (nSPS) is 25.6. The van der Waals surface area contributed by atoms with Crippen LogP contribution >= 0.6 is 0 Å². The molecule has 1 aliphatic heterocycles. The van der Waals surface area contributed by atoms with E-state index in [0.29, 0.717) is 6.61 Å². The topological polar surface area (TPSA) is 67.5 Å². The minimum Gasteiger partial charge on any atom is -0.490 e. The fraction of sp³-hybridized carbons (Fsp3) is 0.400. The van der Waals surface area contributed by atoms with Gasteiger partial charge in [-0.15, -0.1) is 0 Å². The second-order valence-corrected chi connectivity index (χ2v) is 3.56. The molecule has 0 fully saturated rings. The second kappa shape index (κ2) is 3.48. The van der Waals surface area contributed by atoms with E-state index in [1.54, 1.807) is 0 Å². The molecule has 1 aromatic rings. The van der Waals surface area contributed by atoms with E-state index < -0.39 is 12.3 Å². The van der Waals surface area contributed by atoms with Crippen LogP contribution in [0.2, 0.25) is 0 Å². The molecular weight excluding hydrogens is 180 g/mol. The number of aliphatic hydroxyl groups is 1. The molecular formula is C10H14N2O2. The highest BCUT2D eigenvalue weighted by molar-refractivity contribution is 5.58. The van der Waals surface area contributed by atoms with Gasteiger partial charge in [0.25, 0.3) is 0 Å². The standard InChI is InChI=1S/C10H14N2O2/c1-6-2-3-8-9(4-6)14-5-7(11)10(13)12-8/h2-4,7,10,12-13H,5,11H2,1H3. The van der Waals surface area contributed by atoms with E-state index in [-0.39, 0.29) is 0 Å². The molecule has 0 amide bonds. The summed E-state index contributed by atoms with van der Waals surface area (Å²) < 4.78 is 5.46. The van der Waals surface area contributed by atoms with Crippen LogP contribution in [0.15, 0.2) is 18.2 Å². The monoisotopic (exact) mass is 194 g/mol. The van der Waals surface area contributed by atoms with Crippen LogP contribution in [0.3, 0.4) is 0 Å². The molecule has 4 nitrogen and oxygen atoms in total. The highest BCUT2D eigenvalue weighted by atomic mass is 16.5. The number of benzene rings is 1. The number of nitrogens with two attached hydrogens (primary N) is 1. The van der Waals surface area contributed by atoms with Crippen LogP contribution in [-0.2, 0) is 0 Å². The number of aliphatic hydroxyl groups excluding tert-OH is 1. The zero-order chi connectivity index (χ0) is 10.1. The van der Waals surface area contributed by atoms with Crippen molar-refractivity contribution >= 4 is 5.69 Å². The summed E-state index contributed by atoms with van der Waals surface area (Å²) in [6, 6.07) is 5.36. The smallest absolute Gasteiger partial charge is 0.143 e. The van der Waals surface area contributed by atoms with E-state index in [4.69, 9.17) is 10.5 Å². The second-order valence-electron chi connectivity index (χ2n) is 3.56. The average Bonchev–Trinajstić information content (AvgIpc) is 2.29. The molecule has 0 radical (unpaired) electrons. The molecule has 0 saturated carbocycles. The Labute approximate surface area is 82.7 Å². The van der Waals surface area contributed by atoms with Gasteiger partial charge in [-0.25, -0.2) is 0 Å². The number of ether oxygens (including phenoxy) is 1. The molecule has 2 unspecified atom stereocenters. The van der Waals surface area contributed by atoms with Gasteiger partial charge in [-0.3, -0.25) is 0 Å². The summed E-state index contributed by atoms with van der Waals surface area (Å²) in [4.78, 5) is 0. The van der Waals surface area contributed by atoms with E-state index in [9.17, 15) is 5.11 Å². The lowest BCUT2D eigenvalue weighted by molar-refractivity contribution is 0.146. The summed E-state index contributed by atoms with van der Waals surface area (Å²) in [6.07, 6.45) is -0.751. The molecule has 4 heteroatoms. The molecule has 0 spiro atoms. The Bertz CT molecular complexity index is 341. The van der Waals surface area contributed by atoms with Crippen LogP contribution in [-0.4, -0.2) is 24.0 Å². The molecule has 1 aromatic carbocycles. The van der Waals surface area contributed by atoms with Gasteiger partial charge in [0.05, 0.1) is 11.7 Å². The molecule has 4 N–H and O–H groups in total. The number of fused-ring (bicyclic) bond motifs is 1. The third-order valence-corrected chi connectivity index (χ3v) is 2.28. The van der Waals surface area contributed by atoms with Crippen molar-refractivity contribution in [2.75, 3.05) is 11.9 Å². The van der Waals surface area contributed by atoms with Gasteiger partial charge < -0.3 is 20.9 Å². The number of nitrogens with one attached hydrogen (secondary N) is 1. The van der Waals surface area contributed by atoms with Crippen molar-refractivity contribution in [1.29, 1.82) is 0 Å². The maximum atomic E-state index is 9.56. The minimum absolute atomic E-state index is 0.324. The number of rotatable bonds is 0. The Morgan fingerprint density at radius 1 is 1.57 bits per heavy atom. The fourth-order valence-corrected chi connectivity index (χ4v) is 1.41. The van der Waals surface area contributed by atoms with Gasteiger partial charge in [0, 0.05) is 0 Å². The van der Waals surface area contributed by atoms with Gasteiger partial charge in [-0.05, 0) is 24.6 Å². The number of hydrogen-bond acceptors (Lipinski definition) is 4. The molecule has 1 heterocycles. The van der Waals surface area contributed by atoms with E-state index in [0.717, 1.165) is 17.0 Å². The first-order valence-electron chi connectivity index (χ1n) is 4.60. The zero-order valence-electron chi connectivity index (χ0n) is 8.03. The van der Waals surface area contributed by atoms with E-state index >= 15 is 0 Å². The predicted octanol–water partition coefficient (Wildman–Crippen LogP) is 0.445. The van der Waals surface area contributed by atoms with Crippen LogP contribution in [0.5, 0.6) is 5.75 Å². The Hall–Kier alpha value is -1.26. The van der Waals surface area contributed by atoms with Gasteiger partial charge in [0.15, 0.2) is 0 Å². The highest BCUT2D eigenvalue weighted by Gasteiger charge is 2.21. The van der Waals surface area contributed by atoms with Crippen molar-refractivity contribution in [3.63, 3.8) is 0 Å².